The van der Waals surface area contributed by atoms with Crippen LogP contribution in [0.1, 0.15) is 23.6 Å². The Kier molecular flexibility index (Phi) is 6.71. The molecule has 1 saturated heterocycles. The minimum absolute atomic E-state index is 0.113. The second kappa shape index (κ2) is 9.24. The van der Waals surface area contributed by atoms with Crippen LogP contribution in [0.4, 0.5) is 5.69 Å². The average molecular weight is 427 g/mol. The Hall–Kier alpha value is -2.64. The molecule has 0 atom stereocenters. The van der Waals surface area contributed by atoms with Crippen molar-refractivity contribution in [2.75, 3.05) is 18.5 Å². The molecule has 1 aliphatic rings. The van der Waals surface area contributed by atoms with Crippen LogP contribution < -0.4 is 10.1 Å². The zero-order chi connectivity index (χ0) is 21.0. The molecule has 29 heavy (non-hydrogen) atoms. The number of thiocarbonyl (C=S) groups is 1. The molecule has 2 aromatic carbocycles. The summed E-state index contributed by atoms with van der Waals surface area (Å²) in [5.74, 6) is 0.233. The number of hydrogen-bond acceptors (Lipinski definition) is 5. The fourth-order valence-corrected chi connectivity index (χ4v) is 4.03. The number of carbonyl (C=O) groups excluding carboxylic acids is 2. The van der Waals surface area contributed by atoms with Gasteiger partial charge in [-0.3, -0.25) is 14.5 Å². The molecule has 0 aliphatic carbocycles. The minimum Gasteiger partial charge on any atom is -0.494 e. The monoisotopic (exact) mass is 426 g/mol. The Morgan fingerprint density at radius 2 is 1.90 bits per heavy atom. The second-order valence-corrected chi connectivity index (χ2v) is 8.29. The van der Waals surface area contributed by atoms with Gasteiger partial charge < -0.3 is 10.1 Å². The summed E-state index contributed by atoms with van der Waals surface area (Å²) >= 11 is 6.52. The van der Waals surface area contributed by atoms with Crippen molar-refractivity contribution in [3.63, 3.8) is 0 Å². The third kappa shape index (κ3) is 5.25. The van der Waals surface area contributed by atoms with Crippen LogP contribution in [0.15, 0.2) is 47.4 Å². The highest BCUT2D eigenvalue weighted by Crippen LogP contribution is 2.32. The first-order valence-corrected chi connectivity index (χ1v) is 10.4. The molecule has 1 heterocycles. The van der Waals surface area contributed by atoms with Gasteiger partial charge >= 0.3 is 0 Å². The highest BCUT2D eigenvalue weighted by Gasteiger charge is 2.33. The molecular formula is C22H22N2O3S2. The Morgan fingerprint density at radius 1 is 1.17 bits per heavy atom. The third-order valence-corrected chi connectivity index (χ3v) is 5.83. The third-order valence-electron chi connectivity index (χ3n) is 4.45. The highest BCUT2D eigenvalue weighted by molar-refractivity contribution is 8.26. The quantitative estimate of drug-likeness (QED) is 0.543. The molecule has 7 heteroatoms. The Labute approximate surface area is 180 Å². The summed E-state index contributed by atoms with van der Waals surface area (Å²) in [6.45, 7) is 6.41. The fraction of sp³-hybridized carbons (Fsp3) is 0.227. The Balaban J connectivity index is 1.66. The van der Waals surface area contributed by atoms with E-state index < -0.39 is 0 Å². The van der Waals surface area contributed by atoms with Crippen molar-refractivity contribution in [3.05, 3.63) is 64.1 Å². The van der Waals surface area contributed by atoms with Crippen molar-refractivity contribution in [1.82, 2.24) is 4.90 Å². The first-order chi connectivity index (χ1) is 13.9. The van der Waals surface area contributed by atoms with Gasteiger partial charge in [0.15, 0.2) is 0 Å². The maximum Gasteiger partial charge on any atom is 0.266 e. The number of hydrogen-bond donors (Lipinski definition) is 1. The van der Waals surface area contributed by atoms with E-state index in [0.29, 0.717) is 21.5 Å². The normalized spacial score (nSPS) is 15.1. The van der Waals surface area contributed by atoms with E-state index in [1.54, 1.807) is 6.08 Å². The summed E-state index contributed by atoms with van der Waals surface area (Å²) in [5, 5.41) is 2.83. The van der Waals surface area contributed by atoms with Gasteiger partial charge in [0.05, 0.1) is 11.5 Å². The van der Waals surface area contributed by atoms with Gasteiger partial charge in [-0.25, -0.2) is 0 Å². The largest absolute Gasteiger partial charge is 0.494 e. The fourth-order valence-electron chi connectivity index (χ4n) is 2.78. The van der Waals surface area contributed by atoms with Crippen molar-refractivity contribution in [2.45, 2.75) is 20.8 Å². The number of anilines is 1. The lowest BCUT2D eigenvalue weighted by Crippen LogP contribution is -2.36. The van der Waals surface area contributed by atoms with Crippen molar-refractivity contribution in [3.8, 4) is 5.75 Å². The maximum atomic E-state index is 12.7. The molecule has 1 aliphatic heterocycles. The first kappa shape index (κ1) is 21.1. The second-order valence-electron chi connectivity index (χ2n) is 6.62. The molecule has 2 aromatic rings. The van der Waals surface area contributed by atoms with Crippen LogP contribution in [0.3, 0.4) is 0 Å². The molecular weight excluding hydrogens is 404 g/mol. The number of ether oxygens (including phenoxy) is 1. The van der Waals surface area contributed by atoms with Crippen molar-refractivity contribution in [1.29, 1.82) is 0 Å². The molecule has 0 bridgehead atoms. The van der Waals surface area contributed by atoms with Crippen LogP contribution >= 0.6 is 24.0 Å². The summed E-state index contributed by atoms with van der Waals surface area (Å²) in [6, 6.07) is 13.2. The van der Waals surface area contributed by atoms with Crippen LogP contribution in [0.25, 0.3) is 6.08 Å². The van der Waals surface area contributed by atoms with Gasteiger partial charge in [0.1, 0.15) is 16.6 Å². The standard InChI is InChI=1S/C22H22N2O3S2/c1-4-27-18-9-6-16(7-10-18)12-19-21(26)24(22(28)29-19)13-20(25)23-17-8-5-14(2)15(3)11-17/h5-12H,4,13H2,1-3H3,(H,23,25)/b19-12+. The van der Waals surface area contributed by atoms with Crippen molar-refractivity contribution in [2.24, 2.45) is 0 Å². The first-order valence-electron chi connectivity index (χ1n) is 9.22. The summed E-state index contributed by atoms with van der Waals surface area (Å²) < 4.78 is 5.80. The highest BCUT2D eigenvalue weighted by atomic mass is 32.2. The lowest BCUT2D eigenvalue weighted by molar-refractivity contribution is -0.126. The number of carbonyl (C=O) groups is 2. The smallest absolute Gasteiger partial charge is 0.266 e. The minimum atomic E-state index is -0.285. The van der Waals surface area contributed by atoms with Gasteiger partial charge in [0, 0.05) is 5.69 Å². The topological polar surface area (TPSA) is 58.6 Å². The van der Waals surface area contributed by atoms with Gasteiger partial charge in [-0.2, -0.15) is 0 Å². The van der Waals surface area contributed by atoms with Crippen molar-refractivity contribution >= 4 is 51.9 Å². The number of thioether (sulfide) groups is 1. The van der Waals surface area contributed by atoms with Crippen LogP contribution in [-0.2, 0) is 9.59 Å². The van der Waals surface area contributed by atoms with E-state index >= 15 is 0 Å². The van der Waals surface area contributed by atoms with E-state index in [1.165, 1.54) is 16.7 Å². The molecule has 5 nitrogen and oxygen atoms in total. The Morgan fingerprint density at radius 3 is 2.55 bits per heavy atom. The van der Waals surface area contributed by atoms with E-state index in [2.05, 4.69) is 5.32 Å². The summed E-state index contributed by atoms with van der Waals surface area (Å²) in [5.41, 5.74) is 3.81. The van der Waals surface area contributed by atoms with Crippen LogP contribution in [0.2, 0.25) is 0 Å². The number of amides is 2. The molecule has 2 amide bonds. The SMILES string of the molecule is CCOc1ccc(/C=C2/SC(=S)N(CC(=O)Nc3ccc(C)c(C)c3)C2=O)cc1. The number of rotatable bonds is 6. The zero-order valence-electron chi connectivity index (χ0n) is 16.5. The lowest BCUT2D eigenvalue weighted by atomic mass is 10.1. The Bertz CT molecular complexity index is 984. The van der Waals surface area contributed by atoms with E-state index in [9.17, 15) is 9.59 Å². The predicted octanol–water partition coefficient (Wildman–Crippen LogP) is 4.54. The lowest BCUT2D eigenvalue weighted by Gasteiger charge is -2.14. The zero-order valence-corrected chi connectivity index (χ0v) is 18.2. The van der Waals surface area contributed by atoms with Gasteiger partial charge in [-0.1, -0.05) is 42.2 Å². The predicted molar refractivity (Wildman–Crippen MR) is 122 cm³/mol. The van der Waals surface area contributed by atoms with Crippen molar-refractivity contribution < 1.29 is 14.3 Å². The number of nitrogens with one attached hydrogen (secondary N) is 1. The average Bonchev–Trinajstić information content (AvgIpc) is 2.94. The summed E-state index contributed by atoms with van der Waals surface area (Å²) in [6.07, 6.45) is 1.77. The van der Waals surface area contributed by atoms with Gasteiger partial charge in [0.2, 0.25) is 5.91 Å². The van der Waals surface area contributed by atoms with E-state index in [0.717, 1.165) is 22.4 Å². The van der Waals surface area contributed by atoms with E-state index in [-0.39, 0.29) is 18.4 Å². The molecule has 150 valence electrons. The number of benzene rings is 2. The number of nitrogens with zero attached hydrogens (tertiary/aromatic N) is 1. The molecule has 0 radical (unpaired) electrons. The van der Waals surface area contributed by atoms with Gasteiger partial charge in [-0.05, 0) is 67.8 Å². The van der Waals surface area contributed by atoms with Crippen LogP contribution in [-0.4, -0.2) is 34.2 Å². The molecule has 0 unspecified atom stereocenters. The molecule has 0 saturated carbocycles. The molecule has 1 fully saturated rings. The number of aryl methyl sites for hydroxylation is 2. The van der Waals surface area contributed by atoms with Gasteiger partial charge in [-0.15, -0.1) is 0 Å². The molecule has 0 aromatic heterocycles. The van der Waals surface area contributed by atoms with Gasteiger partial charge in [0.25, 0.3) is 5.91 Å². The summed E-state index contributed by atoms with van der Waals surface area (Å²) in [7, 11) is 0. The van der Waals surface area contributed by atoms with E-state index in [4.69, 9.17) is 17.0 Å². The molecule has 3 rings (SSSR count). The van der Waals surface area contributed by atoms with E-state index in [1.807, 2.05) is 63.2 Å². The van der Waals surface area contributed by atoms with Crippen LogP contribution in [0.5, 0.6) is 5.75 Å². The van der Waals surface area contributed by atoms with Crippen LogP contribution in [0, 0.1) is 13.8 Å². The molecule has 1 N–H and O–H groups in total. The summed E-state index contributed by atoms with van der Waals surface area (Å²) in [4.78, 5) is 27.0. The maximum absolute atomic E-state index is 12.7. The molecule has 0 spiro atoms.